The number of aromatic nitrogens is 7. The highest BCUT2D eigenvalue weighted by molar-refractivity contribution is 5.60. The summed E-state index contributed by atoms with van der Waals surface area (Å²) >= 11 is 0. The van der Waals surface area contributed by atoms with Gasteiger partial charge in [0.25, 0.3) is 0 Å². The van der Waals surface area contributed by atoms with E-state index in [-0.39, 0.29) is 5.95 Å². The third-order valence-electron chi connectivity index (χ3n) is 2.34. The monoisotopic (exact) mass is 252 g/mol. The van der Waals surface area contributed by atoms with Crippen LogP contribution in [0.4, 0.5) is 5.95 Å². The molecule has 92 valence electrons. The van der Waals surface area contributed by atoms with Crippen LogP contribution in [0.2, 0.25) is 0 Å². The maximum Gasteiger partial charge on any atom is 0.224 e. The summed E-state index contributed by atoms with van der Waals surface area (Å²) in [6, 6.07) is 3.49. The Hall–Kier alpha value is -3.03. The van der Waals surface area contributed by atoms with E-state index in [1.165, 1.54) is 0 Å². The molecule has 0 amide bonds. The lowest BCUT2D eigenvalue weighted by Gasteiger charge is -2.03. The van der Waals surface area contributed by atoms with Crippen LogP contribution in [0.1, 0.15) is 0 Å². The fourth-order valence-corrected chi connectivity index (χ4v) is 1.50. The minimum Gasteiger partial charge on any atom is -0.368 e. The third-order valence-corrected chi connectivity index (χ3v) is 2.34. The molecule has 0 saturated heterocycles. The van der Waals surface area contributed by atoms with Crippen molar-refractivity contribution in [3.63, 3.8) is 0 Å². The summed E-state index contributed by atoms with van der Waals surface area (Å²) in [7, 11) is 0. The molecular formula is C11H8N8. The van der Waals surface area contributed by atoms with E-state index in [0.29, 0.717) is 22.8 Å². The highest BCUT2D eigenvalue weighted by atomic mass is 15.1. The molecule has 0 aliphatic carbocycles. The maximum atomic E-state index is 5.70. The molecular weight excluding hydrogens is 244 g/mol. The second-order valence-electron chi connectivity index (χ2n) is 3.60. The van der Waals surface area contributed by atoms with Crippen LogP contribution in [0.25, 0.3) is 22.8 Å². The number of hydrogen-bond donors (Lipinski definition) is 1. The molecule has 0 aliphatic heterocycles. The summed E-state index contributed by atoms with van der Waals surface area (Å²) in [5, 5.41) is 15.0. The first-order chi connectivity index (χ1) is 9.33. The first-order valence-corrected chi connectivity index (χ1v) is 5.38. The predicted octanol–water partition coefficient (Wildman–Crippen LogP) is 0.368. The zero-order valence-corrected chi connectivity index (χ0v) is 9.67. The van der Waals surface area contributed by atoms with Gasteiger partial charge in [0.05, 0.1) is 24.8 Å². The molecule has 8 heteroatoms. The molecule has 0 unspecified atom stereocenters. The van der Waals surface area contributed by atoms with Gasteiger partial charge in [-0.3, -0.25) is 0 Å². The summed E-state index contributed by atoms with van der Waals surface area (Å²) < 4.78 is 0. The standard InChI is InChI=1S/C11H8N8/c12-11-18-9(7-1-3-13-15-5-7)17-10(19-11)8-2-4-14-16-6-8/h1-6H,(H2,12,17,18,19). The molecule has 3 heterocycles. The van der Waals surface area contributed by atoms with Crippen molar-refractivity contribution in [1.29, 1.82) is 0 Å². The molecule has 2 N–H and O–H groups in total. The van der Waals surface area contributed by atoms with Gasteiger partial charge < -0.3 is 5.73 Å². The van der Waals surface area contributed by atoms with Gasteiger partial charge >= 0.3 is 0 Å². The van der Waals surface area contributed by atoms with E-state index in [2.05, 4.69) is 35.3 Å². The van der Waals surface area contributed by atoms with Crippen LogP contribution in [0, 0.1) is 0 Å². The minimum absolute atomic E-state index is 0.133. The van der Waals surface area contributed by atoms with Crippen molar-refractivity contribution in [3.8, 4) is 22.8 Å². The molecule has 0 spiro atoms. The Morgan fingerprint density at radius 1 is 0.684 bits per heavy atom. The summed E-state index contributed by atoms with van der Waals surface area (Å²) in [4.78, 5) is 12.5. The quantitative estimate of drug-likeness (QED) is 0.695. The SMILES string of the molecule is Nc1nc(-c2ccnnc2)nc(-c2ccnnc2)n1. The van der Waals surface area contributed by atoms with Crippen LogP contribution >= 0.6 is 0 Å². The lowest BCUT2D eigenvalue weighted by molar-refractivity contribution is 1.01. The van der Waals surface area contributed by atoms with E-state index < -0.39 is 0 Å². The van der Waals surface area contributed by atoms with E-state index in [0.717, 1.165) is 0 Å². The Bertz CT molecular complexity index is 628. The van der Waals surface area contributed by atoms with Crippen LogP contribution in [-0.4, -0.2) is 35.3 Å². The largest absolute Gasteiger partial charge is 0.368 e. The average Bonchev–Trinajstić information content (AvgIpc) is 2.48. The lowest BCUT2D eigenvalue weighted by Crippen LogP contribution is -2.02. The molecule has 0 radical (unpaired) electrons. The molecule has 3 aromatic heterocycles. The molecule has 19 heavy (non-hydrogen) atoms. The molecule has 0 saturated carbocycles. The van der Waals surface area contributed by atoms with Gasteiger partial charge in [-0.15, -0.1) is 0 Å². The number of anilines is 1. The van der Waals surface area contributed by atoms with Crippen molar-refractivity contribution >= 4 is 5.95 Å². The Labute approximate surface area is 107 Å². The Morgan fingerprint density at radius 2 is 1.21 bits per heavy atom. The summed E-state index contributed by atoms with van der Waals surface area (Å²) in [5.74, 6) is 1.01. The van der Waals surface area contributed by atoms with E-state index >= 15 is 0 Å². The van der Waals surface area contributed by atoms with Gasteiger partial charge in [0.2, 0.25) is 5.95 Å². The van der Waals surface area contributed by atoms with E-state index in [9.17, 15) is 0 Å². The van der Waals surface area contributed by atoms with E-state index in [1.54, 1.807) is 36.9 Å². The van der Waals surface area contributed by atoms with Crippen LogP contribution in [-0.2, 0) is 0 Å². The fraction of sp³-hybridized carbons (Fsp3) is 0. The van der Waals surface area contributed by atoms with Gasteiger partial charge in [-0.2, -0.15) is 30.4 Å². The van der Waals surface area contributed by atoms with Gasteiger partial charge in [0.15, 0.2) is 11.6 Å². The smallest absolute Gasteiger partial charge is 0.224 e. The number of nitrogen functional groups attached to an aromatic ring is 1. The summed E-state index contributed by atoms with van der Waals surface area (Å²) in [6.07, 6.45) is 6.23. The second-order valence-corrected chi connectivity index (χ2v) is 3.60. The Morgan fingerprint density at radius 3 is 1.63 bits per heavy atom. The van der Waals surface area contributed by atoms with Crippen molar-refractivity contribution in [3.05, 3.63) is 36.9 Å². The summed E-state index contributed by atoms with van der Waals surface area (Å²) in [6.45, 7) is 0. The lowest BCUT2D eigenvalue weighted by atomic mass is 10.2. The van der Waals surface area contributed by atoms with Crippen molar-refractivity contribution < 1.29 is 0 Å². The van der Waals surface area contributed by atoms with Gasteiger partial charge in [0.1, 0.15) is 0 Å². The number of hydrogen-bond acceptors (Lipinski definition) is 8. The van der Waals surface area contributed by atoms with E-state index in [4.69, 9.17) is 5.73 Å². The van der Waals surface area contributed by atoms with Gasteiger partial charge in [-0.05, 0) is 12.1 Å². The first kappa shape index (κ1) is 11.1. The molecule has 8 nitrogen and oxygen atoms in total. The number of nitrogens with zero attached hydrogens (tertiary/aromatic N) is 7. The zero-order chi connectivity index (χ0) is 13.1. The molecule has 0 aliphatic rings. The fourth-order valence-electron chi connectivity index (χ4n) is 1.50. The zero-order valence-electron chi connectivity index (χ0n) is 9.67. The van der Waals surface area contributed by atoms with Gasteiger partial charge in [-0.25, -0.2) is 4.98 Å². The summed E-state index contributed by atoms with van der Waals surface area (Å²) in [5.41, 5.74) is 7.13. The van der Waals surface area contributed by atoms with Crippen LogP contribution < -0.4 is 5.73 Å². The average molecular weight is 252 g/mol. The number of rotatable bonds is 2. The molecule has 3 rings (SSSR count). The molecule has 0 atom stereocenters. The highest BCUT2D eigenvalue weighted by Crippen LogP contribution is 2.18. The van der Waals surface area contributed by atoms with Crippen molar-refractivity contribution in [2.45, 2.75) is 0 Å². The maximum absolute atomic E-state index is 5.70. The molecule has 3 aromatic rings. The first-order valence-electron chi connectivity index (χ1n) is 5.38. The van der Waals surface area contributed by atoms with Crippen LogP contribution in [0.5, 0.6) is 0 Å². The molecule has 0 fully saturated rings. The topological polar surface area (TPSA) is 116 Å². The third kappa shape index (κ3) is 2.32. The normalized spacial score (nSPS) is 10.3. The van der Waals surface area contributed by atoms with Crippen molar-refractivity contribution in [2.24, 2.45) is 0 Å². The molecule has 0 bridgehead atoms. The van der Waals surface area contributed by atoms with Crippen LogP contribution in [0.3, 0.4) is 0 Å². The van der Waals surface area contributed by atoms with Gasteiger partial charge in [0, 0.05) is 11.1 Å². The second kappa shape index (κ2) is 4.69. The minimum atomic E-state index is 0.133. The Balaban J connectivity index is 2.12. The van der Waals surface area contributed by atoms with Crippen molar-refractivity contribution in [2.75, 3.05) is 5.73 Å². The Kier molecular flexibility index (Phi) is 2.73. The van der Waals surface area contributed by atoms with Crippen molar-refractivity contribution in [1.82, 2.24) is 35.3 Å². The molecule has 0 aromatic carbocycles. The number of nitrogens with two attached hydrogens (primary N) is 1. The highest BCUT2D eigenvalue weighted by Gasteiger charge is 2.09. The van der Waals surface area contributed by atoms with Crippen LogP contribution in [0.15, 0.2) is 36.9 Å². The predicted molar refractivity (Wildman–Crippen MR) is 66.3 cm³/mol. The van der Waals surface area contributed by atoms with E-state index in [1.807, 2.05) is 0 Å². The van der Waals surface area contributed by atoms with Gasteiger partial charge in [-0.1, -0.05) is 0 Å².